The first-order valence-corrected chi connectivity index (χ1v) is 9.28. The molecule has 0 unspecified atom stereocenters. The zero-order valence-corrected chi connectivity index (χ0v) is 15.6. The quantitative estimate of drug-likeness (QED) is 0.600. The molecule has 5 nitrogen and oxygen atoms in total. The van der Waals surface area contributed by atoms with Crippen LogP contribution in [0.2, 0.25) is 0 Å². The van der Waals surface area contributed by atoms with Crippen molar-refractivity contribution in [2.75, 3.05) is 59.5 Å². The molecule has 2 aliphatic heterocycles. The molecule has 1 N–H and O–H groups in total. The molecule has 2 aliphatic rings. The van der Waals surface area contributed by atoms with E-state index < -0.39 is 0 Å². The van der Waals surface area contributed by atoms with Gasteiger partial charge in [-0.25, -0.2) is 0 Å². The van der Waals surface area contributed by atoms with Gasteiger partial charge in [-0.1, -0.05) is 13.8 Å². The zero-order chi connectivity index (χ0) is 16.7. The van der Waals surface area contributed by atoms with Gasteiger partial charge in [-0.15, -0.1) is 0 Å². The predicted octanol–water partition coefficient (Wildman–Crippen LogP) is 2.04. The van der Waals surface area contributed by atoms with E-state index in [2.05, 4.69) is 35.9 Å². The highest BCUT2D eigenvalue weighted by Gasteiger charge is 2.31. The number of rotatable bonds is 6. The molecule has 0 aromatic rings. The first kappa shape index (κ1) is 18.5. The lowest BCUT2D eigenvalue weighted by Gasteiger charge is -2.31. The number of methoxy groups -OCH3 is 1. The van der Waals surface area contributed by atoms with Gasteiger partial charge >= 0.3 is 0 Å². The summed E-state index contributed by atoms with van der Waals surface area (Å²) < 4.78 is 5.17. The Balaban J connectivity index is 1.80. The van der Waals surface area contributed by atoms with Crippen molar-refractivity contribution in [2.24, 2.45) is 16.3 Å². The third kappa shape index (κ3) is 5.96. The summed E-state index contributed by atoms with van der Waals surface area (Å²) in [6.45, 7) is 15.3. The lowest BCUT2D eigenvalue weighted by molar-refractivity contribution is 0.121. The molecule has 5 heteroatoms. The number of guanidine groups is 1. The fourth-order valence-corrected chi connectivity index (χ4v) is 3.55. The molecule has 0 atom stereocenters. The molecule has 2 saturated heterocycles. The molecule has 0 bridgehead atoms. The van der Waals surface area contributed by atoms with Crippen molar-refractivity contribution in [1.82, 2.24) is 15.1 Å². The molecule has 0 aromatic heterocycles. The Morgan fingerprint density at radius 3 is 2.57 bits per heavy atom. The Morgan fingerprint density at radius 1 is 1.26 bits per heavy atom. The lowest BCUT2D eigenvalue weighted by atomic mass is 9.93. The van der Waals surface area contributed by atoms with Crippen LogP contribution in [-0.4, -0.2) is 75.3 Å². The average molecular weight is 325 g/mol. The Hall–Kier alpha value is -0.810. The summed E-state index contributed by atoms with van der Waals surface area (Å²) in [4.78, 5) is 9.91. The normalized spacial score (nSPS) is 23.5. The van der Waals surface area contributed by atoms with Crippen LogP contribution in [0.1, 0.15) is 40.0 Å². The van der Waals surface area contributed by atoms with E-state index in [1.807, 2.05) is 0 Å². The largest absolute Gasteiger partial charge is 0.383 e. The standard InChI is InChI=1S/C18H36N4O/c1-5-19-17(22-11-8-18(2,3)15-22)20-14-16-6-9-21(10-7-16)12-13-23-4/h16H,5-15H2,1-4H3,(H,19,20). The summed E-state index contributed by atoms with van der Waals surface area (Å²) in [6, 6.07) is 0. The van der Waals surface area contributed by atoms with Gasteiger partial charge in [0.15, 0.2) is 5.96 Å². The van der Waals surface area contributed by atoms with Crippen LogP contribution in [0.3, 0.4) is 0 Å². The minimum absolute atomic E-state index is 0.420. The van der Waals surface area contributed by atoms with E-state index in [9.17, 15) is 0 Å². The second-order valence-electron chi connectivity index (χ2n) is 7.81. The van der Waals surface area contributed by atoms with Crippen molar-refractivity contribution in [3.8, 4) is 0 Å². The second kappa shape index (κ2) is 8.88. The smallest absolute Gasteiger partial charge is 0.193 e. The van der Waals surface area contributed by atoms with Crippen molar-refractivity contribution in [3.05, 3.63) is 0 Å². The summed E-state index contributed by atoms with van der Waals surface area (Å²) in [5.41, 5.74) is 0.420. The predicted molar refractivity (Wildman–Crippen MR) is 97.0 cm³/mol. The van der Waals surface area contributed by atoms with Crippen molar-refractivity contribution < 1.29 is 4.74 Å². The Kier molecular flexibility index (Phi) is 7.15. The molecule has 23 heavy (non-hydrogen) atoms. The van der Waals surface area contributed by atoms with Gasteiger partial charge in [-0.05, 0) is 50.6 Å². The number of nitrogens with zero attached hydrogens (tertiary/aromatic N) is 3. The van der Waals surface area contributed by atoms with Crippen LogP contribution in [0.5, 0.6) is 0 Å². The molecule has 0 amide bonds. The van der Waals surface area contributed by atoms with Crippen LogP contribution in [0.4, 0.5) is 0 Å². The van der Waals surface area contributed by atoms with Crippen LogP contribution in [0.25, 0.3) is 0 Å². The van der Waals surface area contributed by atoms with E-state index in [4.69, 9.17) is 9.73 Å². The number of nitrogens with one attached hydrogen (secondary N) is 1. The van der Waals surface area contributed by atoms with E-state index >= 15 is 0 Å². The highest BCUT2D eigenvalue weighted by Crippen LogP contribution is 2.28. The summed E-state index contributed by atoms with van der Waals surface area (Å²) in [5, 5.41) is 3.49. The monoisotopic (exact) mass is 324 g/mol. The molecule has 0 spiro atoms. The molecule has 2 fully saturated rings. The molecule has 0 radical (unpaired) electrons. The maximum absolute atomic E-state index is 5.17. The highest BCUT2D eigenvalue weighted by molar-refractivity contribution is 5.80. The van der Waals surface area contributed by atoms with Gasteiger partial charge in [-0.2, -0.15) is 0 Å². The molecule has 2 rings (SSSR count). The van der Waals surface area contributed by atoms with Gasteiger partial charge in [0, 0.05) is 39.8 Å². The summed E-state index contributed by atoms with van der Waals surface area (Å²) in [5.74, 6) is 1.86. The topological polar surface area (TPSA) is 40.1 Å². The fourth-order valence-electron chi connectivity index (χ4n) is 3.55. The Morgan fingerprint density at radius 2 is 2.00 bits per heavy atom. The van der Waals surface area contributed by atoms with E-state index in [1.165, 1.54) is 32.4 Å². The summed E-state index contributed by atoms with van der Waals surface area (Å²) >= 11 is 0. The van der Waals surface area contributed by atoms with E-state index in [0.29, 0.717) is 5.41 Å². The minimum Gasteiger partial charge on any atom is -0.383 e. The fraction of sp³-hybridized carbons (Fsp3) is 0.944. The number of ether oxygens (including phenoxy) is 1. The second-order valence-corrected chi connectivity index (χ2v) is 7.81. The average Bonchev–Trinajstić information content (AvgIpc) is 2.90. The minimum atomic E-state index is 0.420. The van der Waals surface area contributed by atoms with Crippen LogP contribution >= 0.6 is 0 Å². The van der Waals surface area contributed by atoms with E-state index in [1.54, 1.807) is 7.11 Å². The van der Waals surface area contributed by atoms with Crippen molar-refractivity contribution in [2.45, 2.75) is 40.0 Å². The third-order valence-electron chi connectivity index (χ3n) is 5.13. The van der Waals surface area contributed by atoms with Gasteiger partial charge in [-0.3, -0.25) is 4.99 Å². The molecule has 0 aliphatic carbocycles. The Bertz CT molecular complexity index is 375. The lowest BCUT2D eigenvalue weighted by Crippen LogP contribution is -2.41. The van der Waals surface area contributed by atoms with Crippen LogP contribution in [0, 0.1) is 11.3 Å². The highest BCUT2D eigenvalue weighted by atomic mass is 16.5. The zero-order valence-electron chi connectivity index (χ0n) is 15.6. The molecule has 2 heterocycles. The van der Waals surface area contributed by atoms with Gasteiger partial charge in [0.05, 0.1) is 6.61 Å². The number of likely N-dealkylation sites (tertiary alicyclic amines) is 2. The van der Waals surface area contributed by atoms with Crippen molar-refractivity contribution in [3.63, 3.8) is 0 Å². The van der Waals surface area contributed by atoms with E-state index in [0.717, 1.165) is 51.2 Å². The first-order valence-electron chi connectivity index (χ1n) is 9.28. The van der Waals surface area contributed by atoms with Crippen molar-refractivity contribution in [1.29, 1.82) is 0 Å². The third-order valence-corrected chi connectivity index (χ3v) is 5.13. The molecular weight excluding hydrogens is 288 g/mol. The molecule has 134 valence electrons. The van der Waals surface area contributed by atoms with Gasteiger partial charge in [0.1, 0.15) is 0 Å². The maximum Gasteiger partial charge on any atom is 0.193 e. The summed E-state index contributed by atoms with van der Waals surface area (Å²) in [7, 11) is 1.78. The number of aliphatic imine (C=N–C) groups is 1. The van der Waals surface area contributed by atoms with Crippen LogP contribution in [-0.2, 0) is 4.74 Å². The molecule has 0 aromatic carbocycles. The van der Waals surface area contributed by atoms with Gasteiger partial charge < -0.3 is 19.9 Å². The first-order chi connectivity index (χ1) is 11.0. The number of piperidine rings is 1. The number of hydrogen-bond acceptors (Lipinski definition) is 3. The SMILES string of the molecule is CCNC(=NCC1CCN(CCOC)CC1)N1CCC(C)(C)C1. The van der Waals surface area contributed by atoms with Crippen molar-refractivity contribution >= 4 is 5.96 Å². The van der Waals surface area contributed by atoms with E-state index in [-0.39, 0.29) is 0 Å². The molecule has 0 saturated carbocycles. The number of hydrogen-bond donors (Lipinski definition) is 1. The maximum atomic E-state index is 5.17. The van der Waals surface area contributed by atoms with Gasteiger partial charge in [0.25, 0.3) is 0 Å². The summed E-state index contributed by atoms with van der Waals surface area (Å²) in [6.07, 6.45) is 3.78. The molecular formula is C18H36N4O. The Labute approximate surface area is 142 Å². The van der Waals surface area contributed by atoms with Crippen LogP contribution < -0.4 is 5.32 Å². The van der Waals surface area contributed by atoms with Gasteiger partial charge in [0.2, 0.25) is 0 Å². The van der Waals surface area contributed by atoms with Crippen LogP contribution in [0.15, 0.2) is 4.99 Å².